The van der Waals surface area contributed by atoms with Gasteiger partial charge in [0.1, 0.15) is 0 Å². The molecule has 0 saturated heterocycles. The van der Waals surface area contributed by atoms with Gasteiger partial charge in [0.2, 0.25) is 5.91 Å². The quantitative estimate of drug-likeness (QED) is 0.779. The van der Waals surface area contributed by atoms with Crippen LogP contribution in [-0.2, 0) is 16.1 Å². The number of amides is 1. The molecule has 0 aliphatic rings. The number of nitrogens with one attached hydrogen (secondary N) is 1. The number of carbonyl (C=O) groups is 2. The summed E-state index contributed by atoms with van der Waals surface area (Å²) >= 11 is 0. The number of methoxy groups -OCH3 is 1. The van der Waals surface area contributed by atoms with Gasteiger partial charge in [-0.1, -0.05) is 26.0 Å². The summed E-state index contributed by atoms with van der Waals surface area (Å²) in [5.41, 5.74) is 7.12. The third-order valence-electron chi connectivity index (χ3n) is 2.86. The van der Waals surface area contributed by atoms with Crippen LogP contribution in [0.5, 0.6) is 0 Å². The van der Waals surface area contributed by atoms with Crippen molar-refractivity contribution in [3.8, 4) is 0 Å². The van der Waals surface area contributed by atoms with Crippen molar-refractivity contribution in [1.82, 2.24) is 5.32 Å². The Hall–Kier alpha value is -1.88. The lowest BCUT2D eigenvalue weighted by Gasteiger charge is -2.15. The highest BCUT2D eigenvalue weighted by atomic mass is 16.5. The Balaban J connectivity index is 2.55. The minimum atomic E-state index is -0.505. The van der Waals surface area contributed by atoms with Crippen LogP contribution in [0, 0.1) is 5.92 Å². The van der Waals surface area contributed by atoms with Crippen LogP contribution in [0.2, 0.25) is 0 Å². The summed E-state index contributed by atoms with van der Waals surface area (Å²) in [5, 5.41) is 2.76. The number of esters is 1. The Morgan fingerprint density at radius 3 is 2.32 bits per heavy atom. The maximum atomic E-state index is 11.7. The molecule has 0 aromatic heterocycles. The predicted molar refractivity (Wildman–Crippen MR) is 72.4 cm³/mol. The van der Waals surface area contributed by atoms with Gasteiger partial charge >= 0.3 is 5.97 Å². The number of hydrogen-bond donors (Lipinski definition) is 2. The largest absolute Gasteiger partial charge is 0.465 e. The summed E-state index contributed by atoms with van der Waals surface area (Å²) in [6.45, 7) is 4.19. The molecule has 0 bridgehead atoms. The number of benzene rings is 1. The highest BCUT2D eigenvalue weighted by Crippen LogP contribution is 2.06. The molecule has 1 aromatic rings. The normalized spacial score (nSPS) is 12.1. The summed E-state index contributed by atoms with van der Waals surface area (Å²) in [5.74, 6) is -0.453. The number of hydrogen-bond acceptors (Lipinski definition) is 4. The first-order valence-corrected chi connectivity index (χ1v) is 6.16. The smallest absolute Gasteiger partial charge is 0.337 e. The number of nitrogens with two attached hydrogens (primary N) is 1. The van der Waals surface area contributed by atoms with Crippen LogP contribution in [0.4, 0.5) is 0 Å². The fourth-order valence-electron chi connectivity index (χ4n) is 1.49. The van der Waals surface area contributed by atoms with Gasteiger partial charge in [0.05, 0.1) is 18.7 Å². The van der Waals surface area contributed by atoms with Crippen LogP contribution in [0.3, 0.4) is 0 Å². The van der Waals surface area contributed by atoms with E-state index in [0.29, 0.717) is 12.1 Å². The van der Waals surface area contributed by atoms with Crippen molar-refractivity contribution in [3.63, 3.8) is 0 Å². The SMILES string of the molecule is COC(=O)c1ccc(CNC(=O)C(N)C(C)C)cc1. The van der Waals surface area contributed by atoms with Crippen LogP contribution in [-0.4, -0.2) is 25.0 Å². The molecule has 3 N–H and O–H groups in total. The zero-order valence-corrected chi connectivity index (χ0v) is 11.5. The van der Waals surface area contributed by atoms with Crippen LogP contribution in [0.25, 0.3) is 0 Å². The summed E-state index contributed by atoms with van der Waals surface area (Å²) in [4.78, 5) is 22.9. The molecule has 0 aliphatic carbocycles. The summed E-state index contributed by atoms with van der Waals surface area (Å²) in [7, 11) is 1.34. The van der Waals surface area contributed by atoms with Gasteiger partial charge in [-0.2, -0.15) is 0 Å². The van der Waals surface area contributed by atoms with Crippen LogP contribution in [0.15, 0.2) is 24.3 Å². The third kappa shape index (κ3) is 4.37. The molecule has 0 radical (unpaired) electrons. The Bertz CT molecular complexity index is 441. The topological polar surface area (TPSA) is 81.4 Å². The Morgan fingerprint density at radius 1 is 1.26 bits per heavy atom. The van der Waals surface area contributed by atoms with Crippen molar-refractivity contribution in [2.45, 2.75) is 26.4 Å². The van der Waals surface area contributed by atoms with Gasteiger partial charge in [0, 0.05) is 6.54 Å². The van der Waals surface area contributed by atoms with Crippen LogP contribution in [0.1, 0.15) is 29.8 Å². The fraction of sp³-hybridized carbons (Fsp3) is 0.429. The molecule has 5 nitrogen and oxygen atoms in total. The second-order valence-electron chi connectivity index (χ2n) is 4.68. The van der Waals surface area contributed by atoms with Gasteiger partial charge in [0.25, 0.3) is 0 Å². The predicted octanol–water partition coefficient (Wildman–Crippen LogP) is 1.07. The van der Waals surface area contributed by atoms with Crippen molar-refractivity contribution in [3.05, 3.63) is 35.4 Å². The van der Waals surface area contributed by atoms with E-state index >= 15 is 0 Å². The van der Waals surface area contributed by atoms with E-state index in [4.69, 9.17) is 5.73 Å². The second kappa shape index (κ2) is 6.89. The molecule has 0 heterocycles. The minimum Gasteiger partial charge on any atom is -0.465 e. The molecule has 0 fully saturated rings. The zero-order valence-electron chi connectivity index (χ0n) is 11.5. The number of ether oxygens (including phenoxy) is 1. The highest BCUT2D eigenvalue weighted by molar-refractivity contribution is 5.89. The fourth-order valence-corrected chi connectivity index (χ4v) is 1.49. The summed E-state index contributed by atoms with van der Waals surface area (Å²) < 4.78 is 4.61. The van der Waals surface area contributed by atoms with E-state index in [-0.39, 0.29) is 17.8 Å². The zero-order chi connectivity index (χ0) is 14.4. The number of rotatable bonds is 5. The molecule has 5 heteroatoms. The first kappa shape index (κ1) is 15.2. The van der Waals surface area contributed by atoms with E-state index in [1.54, 1.807) is 24.3 Å². The number of carbonyl (C=O) groups excluding carboxylic acids is 2. The summed E-state index contributed by atoms with van der Waals surface area (Å²) in [6, 6.07) is 6.36. The average molecular weight is 264 g/mol. The van der Waals surface area contributed by atoms with E-state index in [9.17, 15) is 9.59 Å². The van der Waals surface area contributed by atoms with E-state index in [1.807, 2.05) is 13.8 Å². The molecule has 1 unspecified atom stereocenters. The summed E-state index contributed by atoms with van der Waals surface area (Å²) in [6.07, 6.45) is 0. The van der Waals surface area contributed by atoms with Gasteiger partial charge in [-0.05, 0) is 23.6 Å². The third-order valence-corrected chi connectivity index (χ3v) is 2.86. The van der Waals surface area contributed by atoms with Gasteiger partial charge in [-0.3, -0.25) is 4.79 Å². The molecule has 1 atom stereocenters. The molecule has 0 spiro atoms. The van der Waals surface area contributed by atoms with E-state index in [2.05, 4.69) is 10.1 Å². The first-order valence-electron chi connectivity index (χ1n) is 6.16. The standard InChI is InChI=1S/C14H20N2O3/c1-9(2)12(15)13(17)16-8-10-4-6-11(7-5-10)14(18)19-3/h4-7,9,12H,8,15H2,1-3H3,(H,16,17). The van der Waals surface area contributed by atoms with E-state index < -0.39 is 6.04 Å². The molecule has 1 rings (SSSR count). The van der Waals surface area contributed by atoms with Gasteiger partial charge in [0.15, 0.2) is 0 Å². The maximum absolute atomic E-state index is 11.7. The van der Waals surface area contributed by atoms with Crippen LogP contribution < -0.4 is 11.1 Å². The highest BCUT2D eigenvalue weighted by Gasteiger charge is 2.16. The van der Waals surface area contributed by atoms with Crippen molar-refractivity contribution in [2.24, 2.45) is 11.7 Å². The maximum Gasteiger partial charge on any atom is 0.337 e. The molecule has 19 heavy (non-hydrogen) atoms. The van der Waals surface area contributed by atoms with E-state index in [1.165, 1.54) is 7.11 Å². The van der Waals surface area contributed by atoms with Crippen molar-refractivity contribution < 1.29 is 14.3 Å². The minimum absolute atomic E-state index is 0.0988. The Morgan fingerprint density at radius 2 is 1.84 bits per heavy atom. The Kier molecular flexibility index (Phi) is 5.51. The van der Waals surface area contributed by atoms with Gasteiger partial charge in [-0.15, -0.1) is 0 Å². The lowest BCUT2D eigenvalue weighted by Crippen LogP contribution is -2.43. The molecule has 0 saturated carbocycles. The first-order chi connectivity index (χ1) is 8.95. The molecule has 0 aliphatic heterocycles. The molecule has 1 aromatic carbocycles. The lowest BCUT2D eigenvalue weighted by atomic mass is 10.0. The van der Waals surface area contributed by atoms with Gasteiger partial charge in [-0.25, -0.2) is 4.79 Å². The van der Waals surface area contributed by atoms with Crippen molar-refractivity contribution >= 4 is 11.9 Å². The van der Waals surface area contributed by atoms with Crippen molar-refractivity contribution in [2.75, 3.05) is 7.11 Å². The monoisotopic (exact) mass is 264 g/mol. The molecule has 104 valence electrons. The Labute approximate surface area is 113 Å². The van der Waals surface area contributed by atoms with Crippen molar-refractivity contribution in [1.29, 1.82) is 0 Å². The lowest BCUT2D eigenvalue weighted by molar-refractivity contribution is -0.123. The molecular weight excluding hydrogens is 244 g/mol. The molecular formula is C14H20N2O3. The molecule has 1 amide bonds. The average Bonchev–Trinajstić information content (AvgIpc) is 2.43. The van der Waals surface area contributed by atoms with Gasteiger partial charge < -0.3 is 15.8 Å². The second-order valence-corrected chi connectivity index (χ2v) is 4.68. The van der Waals surface area contributed by atoms with E-state index in [0.717, 1.165) is 5.56 Å². The van der Waals surface area contributed by atoms with Crippen LogP contribution >= 0.6 is 0 Å².